The van der Waals surface area contributed by atoms with Crippen LogP contribution in [0.4, 0.5) is 0 Å². The summed E-state index contributed by atoms with van der Waals surface area (Å²) in [5, 5.41) is 0. The minimum atomic E-state index is 0.312. The van der Waals surface area contributed by atoms with Gasteiger partial charge >= 0.3 is 0 Å². The summed E-state index contributed by atoms with van der Waals surface area (Å²) in [6.45, 7) is 3.69. The van der Waals surface area contributed by atoms with Crippen LogP contribution in [-0.2, 0) is 17.9 Å². The molecule has 3 heterocycles. The Hall–Kier alpha value is -1.72. The highest BCUT2D eigenvalue weighted by molar-refractivity contribution is 5.06. The molecule has 1 fully saturated rings. The molecule has 2 aromatic heterocycles. The normalized spacial score (nSPS) is 20.1. The fourth-order valence-electron chi connectivity index (χ4n) is 2.60. The van der Waals surface area contributed by atoms with Gasteiger partial charge in [-0.15, -0.1) is 0 Å². The largest absolute Gasteiger partial charge is 0.372 e. The maximum Gasteiger partial charge on any atom is 0.0922 e. The molecule has 20 heavy (non-hydrogen) atoms. The molecule has 0 aromatic carbocycles. The maximum atomic E-state index is 6.01. The Balaban J connectivity index is 1.48. The van der Waals surface area contributed by atoms with Crippen LogP contribution in [0.15, 0.2) is 37.1 Å². The summed E-state index contributed by atoms with van der Waals surface area (Å²) < 4.78 is 6.01. The van der Waals surface area contributed by atoms with E-state index in [0.717, 1.165) is 37.3 Å². The van der Waals surface area contributed by atoms with Crippen LogP contribution in [0.2, 0.25) is 0 Å². The number of ether oxygens (including phenoxy) is 1. The van der Waals surface area contributed by atoms with Gasteiger partial charge in [0, 0.05) is 37.4 Å². The lowest BCUT2D eigenvalue weighted by molar-refractivity contribution is -0.0124. The predicted octanol–water partition coefficient (Wildman–Crippen LogP) is 1.99. The Morgan fingerprint density at radius 3 is 3.15 bits per heavy atom. The fraction of sp³-hybridized carbons (Fsp3) is 0.467. The van der Waals surface area contributed by atoms with Crippen LogP contribution in [0.25, 0.3) is 0 Å². The first-order valence-electron chi connectivity index (χ1n) is 7.10. The summed E-state index contributed by atoms with van der Waals surface area (Å²) in [7, 11) is 0. The van der Waals surface area contributed by atoms with Gasteiger partial charge in [0.1, 0.15) is 0 Å². The summed E-state index contributed by atoms with van der Waals surface area (Å²) in [6.07, 6.45) is 9.91. The molecule has 5 heteroatoms. The van der Waals surface area contributed by atoms with Gasteiger partial charge in [0.2, 0.25) is 0 Å². The monoisotopic (exact) mass is 272 g/mol. The lowest BCUT2D eigenvalue weighted by Gasteiger charge is -2.32. The number of piperidine rings is 1. The molecule has 1 aliphatic rings. The van der Waals surface area contributed by atoms with E-state index in [1.165, 1.54) is 6.42 Å². The molecular formula is C15H20N4O. The minimum absolute atomic E-state index is 0.312. The molecule has 0 aliphatic carbocycles. The third-order valence-corrected chi connectivity index (χ3v) is 3.62. The molecule has 0 radical (unpaired) electrons. The average molecular weight is 272 g/mol. The van der Waals surface area contributed by atoms with Crippen LogP contribution in [0.1, 0.15) is 24.1 Å². The maximum absolute atomic E-state index is 6.01. The summed E-state index contributed by atoms with van der Waals surface area (Å²) in [5.41, 5.74) is 2.30. The van der Waals surface area contributed by atoms with Crippen LogP contribution < -0.4 is 0 Å². The van der Waals surface area contributed by atoms with E-state index in [4.69, 9.17) is 4.74 Å². The summed E-state index contributed by atoms with van der Waals surface area (Å²) in [4.78, 5) is 13.8. The Bertz CT molecular complexity index is 500. The van der Waals surface area contributed by atoms with Crippen LogP contribution in [0.3, 0.4) is 0 Å². The van der Waals surface area contributed by atoms with Gasteiger partial charge in [-0.1, -0.05) is 6.07 Å². The Morgan fingerprint density at radius 2 is 2.35 bits per heavy atom. The highest BCUT2D eigenvalue weighted by atomic mass is 16.5. The zero-order chi connectivity index (χ0) is 13.6. The summed E-state index contributed by atoms with van der Waals surface area (Å²) >= 11 is 0. The van der Waals surface area contributed by atoms with Gasteiger partial charge in [-0.2, -0.15) is 0 Å². The fourth-order valence-corrected chi connectivity index (χ4v) is 2.60. The van der Waals surface area contributed by atoms with Crippen molar-refractivity contribution in [2.45, 2.75) is 32.1 Å². The van der Waals surface area contributed by atoms with E-state index in [1.807, 2.05) is 18.5 Å². The number of aromatic amines is 1. The SMILES string of the molecule is c1cncc(CO[C@H]2CCCN(Cc3cnc[nH]3)C2)c1. The van der Waals surface area contributed by atoms with Crippen molar-refractivity contribution in [3.8, 4) is 0 Å². The number of pyridine rings is 1. The molecule has 0 bridgehead atoms. The number of hydrogen-bond acceptors (Lipinski definition) is 4. The second kappa shape index (κ2) is 6.63. The van der Waals surface area contributed by atoms with Crippen LogP contribution >= 0.6 is 0 Å². The summed E-state index contributed by atoms with van der Waals surface area (Å²) in [6, 6.07) is 4.00. The number of H-pyrrole nitrogens is 1. The first-order chi connectivity index (χ1) is 9.90. The molecule has 5 nitrogen and oxygen atoms in total. The van der Waals surface area contributed by atoms with Crippen LogP contribution in [0.5, 0.6) is 0 Å². The van der Waals surface area contributed by atoms with E-state index in [1.54, 1.807) is 12.5 Å². The van der Waals surface area contributed by atoms with Crippen molar-refractivity contribution in [1.29, 1.82) is 0 Å². The van der Waals surface area contributed by atoms with Crippen LogP contribution in [0, 0.1) is 0 Å². The topological polar surface area (TPSA) is 54.0 Å². The molecule has 3 rings (SSSR count). The van der Waals surface area contributed by atoms with Crippen molar-refractivity contribution < 1.29 is 4.74 Å². The molecule has 1 N–H and O–H groups in total. The van der Waals surface area contributed by atoms with Crippen molar-refractivity contribution in [3.05, 3.63) is 48.3 Å². The van der Waals surface area contributed by atoms with E-state index >= 15 is 0 Å². The van der Waals surface area contributed by atoms with Gasteiger partial charge in [-0.05, 0) is 31.0 Å². The predicted molar refractivity (Wildman–Crippen MR) is 75.9 cm³/mol. The summed E-state index contributed by atoms with van der Waals surface area (Å²) in [5.74, 6) is 0. The number of aromatic nitrogens is 3. The zero-order valence-corrected chi connectivity index (χ0v) is 11.5. The molecular weight excluding hydrogens is 252 g/mol. The number of nitrogens with one attached hydrogen (secondary N) is 1. The quantitative estimate of drug-likeness (QED) is 0.904. The number of rotatable bonds is 5. The number of hydrogen-bond donors (Lipinski definition) is 1. The smallest absolute Gasteiger partial charge is 0.0922 e. The van der Waals surface area contributed by atoms with Gasteiger partial charge in [-0.25, -0.2) is 4.98 Å². The molecule has 0 saturated carbocycles. The van der Waals surface area contributed by atoms with Crippen molar-refractivity contribution in [3.63, 3.8) is 0 Å². The van der Waals surface area contributed by atoms with E-state index in [2.05, 4.69) is 25.9 Å². The Morgan fingerprint density at radius 1 is 1.35 bits per heavy atom. The first kappa shape index (κ1) is 13.3. The van der Waals surface area contributed by atoms with E-state index < -0.39 is 0 Å². The molecule has 1 aliphatic heterocycles. The van der Waals surface area contributed by atoms with Crippen LogP contribution in [-0.4, -0.2) is 39.0 Å². The van der Waals surface area contributed by atoms with Gasteiger partial charge in [0.05, 0.1) is 19.0 Å². The zero-order valence-electron chi connectivity index (χ0n) is 11.5. The molecule has 0 unspecified atom stereocenters. The van der Waals surface area contributed by atoms with Gasteiger partial charge in [-0.3, -0.25) is 9.88 Å². The van der Waals surface area contributed by atoms with Crippen molar-refractivity contribution in [2.75, 3.05) is 13.1 Å². The Kier molecular flexibility index (Phi) is 4.40. The molecule has 0 spiro atoms. The number of likely N-dealkylation sites (tertiary alicyclic amines) is 1. The molecule has 0 amide bonds. The number of nitrogens with zero attached hydrogens (tertiary/aromatic N) is 3. The first-order valence-corrected chi connectivity index (χ1v) is 7.10. The van der Waals surface area contributed by atoms with Gasteiger partial charge < -0.3 is 9.72 Å². The average Bonchev–Trinajstić information content (AvgIpc) is 3.00. The molecule has 1 atom stereocenters. The lowest BCUT2D eigenvalue weighted by atomic mass is 10.1. The Labute approximate surface area is 119 Å². The highest BCUT2D eigenvalue weighted by Gasteiger charge is 2.20. The second-order valence-electron chi connectivity index (χ2n) is 5.25. The lowest BCUT2D eigenvalue weighted by Crippen LogP contribution is -2.39. The third-order valence-electron chi connectivity index (χ3n) is 3.62. The molecule has 1 saturated heterocycles. The van der Waals surface area contributed by atoms with Gasteiger partial charge in [0.25, 0.3) is 0 Å². The van der Waals surface area contributed by atoms with Crippen molar-refractivity contribution in [2.24, 2.45) is 0 Å². The van der Waals surface area contributed by atoms with Crippen molar-refractivity contribution >= 4 is 0 Å². The van der Waals surface area contributed by atoms with E-state index in [9.17, 15) is 0 Å². The second-order valence-corrected chi connectivity index (χ2v) is 5.25. The van der Waals surface area contributed by atoms with E-state index in [-0.39, 0.29) is 0 Å². The third kappa shape index (κ3) is 3.65. The molecule has 2 aromatic rings. The molecule has 106 valence electrons. The number of imidazole rings is 1. The van der Waals surface area contributed by atoms with Crippen molar-refractivity contribution in [1.82, 2.24) is 19.9 Å². The minimum Gasteiger partial charge on any atom is -0.372 e. The van der Waals surface area contributed by atoms with Gasteiger partial charge in [0.15, 0.2) is 0 Å². The highest BCUT2D eigenvalue weighted by Crippen LogP contribution is 2.16. The standard InChI is InChI=1S/C15H20N4O/c1-3-13(7-16-5-1)11-20-15-4-2-6-19(10-15)9-14-8-17-12-18-14/h1,3,5,7-8,12,15H,2,4,6,9-11H2,(H,17,18)/t15-/m0/s1. The van der Waals surface area contributed by atoms with E-state index in [0.29, 0.717) is 12.7 Å².